The molecule has 1 aromatic carbocycles. The van der Waals surface area contributed by atoms with Gasteiger partial charge in [0.2, 0.25) is 0 Å². The lowest BCUT2D eigenvalue weighted by Crippen LogP contribution is -1.87. The van der Waals surface area contributed by atoms with E-state index in [2.05, 4.69) is 34.1 Å². The summed E-state index contributed by atoms with van der Waals surface area (Å²) >= 11 is 2.77. The van der Waals surface area contributed by atoms with Gasteiger partial charge in [0.1, 0.15) is 0 Å². The van der Waals surface area contributed by atoms with Crippen molar-refractivity contribution in [2.45, 2.75) is 20.3 Å². The third-order valence-electron chi connectivity index (χ3n) is 1.98. The zero-order chi connectivity index (χ0) is 9.84. The van der Waals surface area contributed by atoms with Gasteiger partial charge in [-0.05, 0) is 53.4 Å². The first-order chi connectivity index (χ1) is 6.09. The Morgan fingerprint density at radius 2 is 2.15 bits per heavy atom. The topological polar surface area (TPSA) is 0 Å². The predicted molar refractivity (Wildman–Crippen MR) is 57.7 cm³/mol. The van der Waals surface area contributed by atoms with E-state index in [1.165, 1.54) is 22.8 Å². The number of halogens is 2. The van der Waals surface area contributed by atoms with Crippen LogP contribution in [0.4, 0.5) is 4.39 Å². The molecule has 0 radical (unpaired) electrons. The van der Waals surface area contributed by atoms with E-state index in [9.17, 15) is 4.39 Å². The van der Waals surface area contributed by atoms with Crippen molar-refractivity contribution in [1.29, 1.82) is 0 Å². The molecule has 0 amide bonds. The van der Waals surface area contributed by atoms with Gasteiger partial charge in [-0.2, -0.15) is 4.39 Å². The van der Waals surface area contributed by atoms with Crippen LogP contribution in [0.2, 0.25) is 0 Å². The Bertz CT molecular complexity index is 325. The molecule has 0 aromatic heterocycles. The Morgan fingerprint density at radius 3 is 2.77 bits per heavy atom. The van der Waals surface area contributed by atoms with Gasteiger partial charge < -0.3 is 0 Å². The maximum Gasteiger partial charge on any atom is 0.162 e. The largest absolute Gasteiger partial charge is 0.199 e. The number of allylic oxidation sites excluding steroid dienone is 1. The average Bonchev–Trinajstić information content (AvgIpc) is 2.06. The standard InChI is InChI=1S/C11H12BrF/c1-8-3-4-9(2)10(7-8)5-6-11(12)13/h3-4,6-7H,5H2,1-2H3/b11-6-. The Hall–Kier alpha value is -0.630. The zero-order valence-corrected chi connectivity index (χ0v) is 9.36. The SMILES string of the molecule is Cc1ccc(C)c(C/C=C(\F)Br)c1. The maximum absolute atomic E-state index is 12.4. The van der Waals surface area contributed by atoms with Crippen molar-refractivity contribution < 1.29 is 4.39 Å². The van der Waals surface area contributed by atoms with Crippen LogP contribution in [0.5, 0.6) is 0 Å². The van der Waals surface area contributed by atoms with Crippen LogP contribution in [-0.2, 0) is 6.42 Å². The van der Waals surface area contributed by atoms with Gasteiger partial charge in [-0.3, -0.25) is 0 Å². The predicted octanol–water partition coefficient (Wildman–Crippen LogP) is 4.05. The van der Waals surface area contributed by atoms with Gasteiger partial charge in [0.05, 0.1) is 0 Å². The molecule has 70 valence electrons. The minimum Gasteiger partial charge on any atom is -0.199 e. The molecule has 0 aliphatic heterocycles. The quantitative estimate of drug-likeness (QED) is 0.734. The minimum absolute atomic E-state index is 0.298. The fraction of sp³-hybridized carbons (Fsp3) is 0.273. The second-order valence-electron chi connectivity index (χ2n) is 3.13. The van der Waals surface area contributed by atoms with E-state index in [1.807, 2.05) is 13.8 Å². The van der Waals surface area contributed by atoms with Crippen molar-refractivity contribution in [3.63, 3.8) is 0 Å². The molecule has 0 saturated heterocycles. The molecule has 0 atom stereocenters. The van der Waals surface area contributed by atoms with Gasteiger partial charge in [0.25, 0.3) is 0 Å². The van der Waals surface area contributed by atoms with E-state index >= 15 is 0 Å². The molecule has 0 aliphatic rings. The average molecular weight is 243 g/mol. The van der Waals surface area contributed by atoms with Crippen molar-refractivity contribution in [1.82, 2.24) is 0 Å². The Balaban J connectivity index is 2.87. The molecule has 0 nitrogen and oxygen atoms in total. The molecular formula is C11H12BrF. The van der Waals surface area contributed by atoms with Crippen molar-refractivity contribution in [2.75, 3.05) is 0 Å². The lowest BCUT2D eigenvalue weighted by atomic mass is 10.0. The molecule has 0 heterocycles. The Labute approximate surface area is 86.6 Å². The van der Waals surface area contributed by atoms with Crippen LogP contribution >= 0.6 is 15.9 Å². The first kappa shape index (κ1) is 10.5. The summed E-state index contributed by atoms with van der Waals surface area (Å²) < 4.78 is 12.1. The van der Waals surface area contributed by atoms with E-state index in [0.717, 1.165) is 0 Å². The number of aryl methyl sites for hydroxylation is 2. The van der Waals surface area contributed by atoms with Gasteiger partial charge >= 0.3 is 0 Å². The van der Waals surface area contributed by atoms with Gasteiger partial charge in [-0.25, -0.2) is 0 Å². The second-order valence-corrected chi connectivity index (χ2v) is 3.89. The summed E-state index contributed by atoms with van der Waals surface area (Å²) in [5.74, 6) is 0. The lowest BCUT2D eigenvalue weighted by Gasteiger charge is -2.03. The van der Waals surface area contributed by atoms with E-state index in [0.29, 0.717) is 6.42 Å². The molecule has 0 N–H and O–H groups in total. The summed E-state index contributed by atoms with van der Waals surface area (Å²) in [4.78, 5) is 0. The smallest absolute Gasteiger partial charge is 0.162 e. The normalized spacial score (nSPS) is 11.8. The van der Waals surface area contributed by atoms with Crippen LogP contribution in [0.3, 0.4) is 0 Å². The van der Waals surface area contributed by atoms with Crippen LogP contribution in [0.25, 0.3) is 0 Å². The third-order valence-corrected chi connectivity index (χ3v) is 2.30. The van der Waals surface area contributed by atoms with E-state index in [4.69, 9.17) is 0 Å². The monoisotopic (exact) mass is 242 g/mol. The number of benzene rings is 1. The number of hydrogen-bond donors (Lipinski definition) is 0. The maximum atomic E-state index is 12.4. The molecule has 13 heavy (non-hydrogen) atoms. The van der Waals surface area contributed by atoms with Crippen LogP contribution in [0, 0.1) is 13.8 Å². The summed E-state index contributed by atoms with van der Waals surface area (Å²) in [5, 5.41) is 0. The first-order valence-corrected chi connectivity index (χ1v) is 4.96. The van der Waals surface area contributed by atoms with Crippen LogP contribution in [-0.4, -0.2) is 0 Å². The lowest BCUT2D eigenvalue weighted by molar-refractivity contribution is 0.700. The molecule has 0 bridgehead atoms. The van der Waals surface area contributed by atoms with Crippen LogP contribution in [0.1, 0.15) is 16.7 Å². The molecule has 2 heteroatoms. The van der Waals surface area contributed by atoms with Gasteiger partial charge in [0.15, 0.2) is 4.74 Å². The highest BCUT2D eigenvalue weighted by atomic mass is 79.9. The minimum atomic E-state index is -0.298. The van der Waals surface area contributed by atoms with Gasteiger partial charge in [-0.1, -0.05) is 23.8 Å². The number of rotatable bonds is 2. The van der Waals surface area contributed by atoms with Crippen molar-refractivity contribution in [3.8, 4) is 0 Å². The summed E-state index contributed by atoms with van der Waals surface area (Å²) in [6, 6.07) is 6.21. The van der Waals surface area contributed by atoms with Gasteiger partial charge in [-0.15, -0.1) is 0 Å². The van der Waals surface area contributed by atoms with Crippen LogP contribution in [0.15, 0.2) is 29.0 Å². The Kier molecular flexibility index (Phi) is 3.67. The van der Waals surface area contributed by atoms with Crippen molar-refractivity contribution in [2.24, 2.45) is 0 Å². The molecular weight excluding hydrogens is 231 g/mol. The Morgan fingerprint density at radius 1 is 1.46 bits per heavy atom. The van der Waals surface area contributed by atoms with Crippen molar-refractivity contribution >= 4 is 15.9 Å². The molecule has 0 saturated carbocycles. The summed E-state index contributed by atoms with van der Waals surface area (Å²) in [5.41, 5.74) is 3.59. The fourth-order valence-electron chi connectivity index (χ4n) is 1.21. The molecule has 0 fully saturated rings. The molecule has 0 unspecified atom stereocenters. The number of hydrogen-bond acceptors (Lipinski definition) is 0. The summed E-state index contributed by atoms with van der Waals surface area (Å²) in [7, 11) is 0. The zero-order valence-electron chi connectivity index (χ0n) is 7.77. The summed E-state index contributed by atoms with van der Waals surface area (Å²) in [6.07, 6.45) is 2.17. The molecule has 0 spiro atoms. The molecule has 1 rings (SSSR count). The molecule has 1 aromatic rings. The fourth-order valence-corrected chi connectivity index (χ4v) is 1.37. The summed E-state index contributed by atoms with van der Waals surface area (Å²) in [6.45, 7) is 4.08. The highest BCUT2D eigenvalue weighted by Gasteiger charge is 1.97. The van der Waals surface area contributed by atoms with Crippen LogP contribution < -0.4 is 0 Å². The highest BCUT2D eigenvalue weighted by Crippen LogP contribution is 2.14. The molecule has 0 aliphatic carbocycles. The second kappa shape index (κ2) is 4.56. The van der Waals surface area contributed by atoms with Crippen molar-refractivity contribution in [3.05, 3.63) is 45.7 Å². The van der Waals surface area contributed by atoms with E-state index in [-0.39, 0.29) is 4.74 Å². The van der Waals surface area contributed by atoms with E-state index < -0.39 is 0 Å². The highest BCUT2D eigenvalue weighted by molar-refractivity contribution is 9.11. The van der Waals surface area contributed by atoms with Gasteiger partial charge in [0, 0.05) is 0 Å². The van der Waals surface area contributed by atoms with E-state index in [1.54, 1.807) is 0 Å². The first-order valence-electron chi connectivity index (χ1n) is 4.17. The third kappa shape index (κ3) is 3.31.